The fourth-order valence-electron chi connectivity index (χ4n) is 2.42. The summed E-state index contributed by atoms with van der Waals surface area (Å²) in [4.78, 5) is 26.0. The number of amides is 1. The van der Waals surface area contributed by atoms with Crippen molar-refractivity contribution >= 4 is 11.6 Å². The van der Waals surface area contributed by atoms with E-state index in [0.717, 1.165) is 10.6 Å². The minimum Gasteiger partial charge on any atom is -0.308 e. The Hall–Kier alpha value is -2.57. The van der Waals surface area contributed by atoms with Crippen LogP contribution in [-0.4, -0.2) is 16.5 Å². The van der Waals surface area contributed by atoms with Gasteiger partial charge in [0.15, 0.2) is 0 Å². The normalized spacial score (nSPS) is 11.6. The second-order valence-electron chi connectivity index (χ2n) is 5.55. The molecule has 0 aliphatic rings. The molecule has 2 rings (SSSR count). The van der Waals surface area contributed by atoms with Crippen molar-refractivity contribution in [3.8, 4) is 0 Å². The van der Waals surface area contributed by atoms with Gasteiger partial charge in [0.2, 0.25) is 5.91 Å². The van der Waals surface area contributed by atoms with Gasteiger partial charge in [-0.3, -0.25) is 9.59 Å². The molecule has 0 aliphatic heterocycles. The van der Waals surface area contributed by atoms with Gasteiger partial charge in [-0.1, -0.05) is 18.2 Å². The standard InChI is InChI=1S/C17H17F3N2O2/c1-12(2)22(13-7-4-3-5-8-13)15(23)11-21-10-6-9-14(16(21)24)17(18,19)20/h3-10,12H,11H2,1-2H3. The lowest BCUT2D eigenvalue weighted by molar-refractivity contribution is -0.139. The number of carbonyl (C=O) groups excluding carboxylic acids is 1. The number of benzene rings is 1. The molecule has 1 heterocycles. The van der Waals surface area contributed by atoms with Gasteiger partial charge in [0.25, 0.3) is 5.56 Å². The second-order valence-corrected chi connectivity index (χ2v) is 5.55. The molecular formula is C17H17F3N2O2. The largest absolute Gasteiger partial charge is 0.421 e. The topological polar surface area (TPSA) is 42.3 Å². The smallest absolute Gasteiger partial charge is 0.308 e. The van der Waals surface area contributed by atoms with Crippen molar-refractivity contribution in [2.24, 2.45) is 0 Å². The molecule has 1 aromatic heterocycles. The van der Waals surface area contributed by atoms with Crippen molar-refractivity contribution in [2.45, 2.75) is 32.6 Å². The molecule has 7 heteroatoms. The van der Waals surface area contributed by atoms with Crippen molar-refractivity contribution < 1.29 is 18.0 Å². The first-order chi connectivity index (χ1) is 11.2. The Morgan fingerprint density at radius 3 is 2.29 bits per heavy atom. The van der Waals surface area contributed by atoms with E-state index < -0.39 is 29.8 Å². The van der Waals surface area contributed by atoms with Crippen molar-refractivity contribution in [2.75, 3.05) is 4.90 Å². The van der Waals surface area contributed by atoms with Gasteiger partial charge in [-0.25, -0.2) is 0 Å². The van der Waals surface area contributed by atoms with E-state index in [1.54, 1.807) is 44.2 Å². The SMILES string of the molecule is CC(C)N(C(=O)Cn1cccc(C(F)(F)F)c1=O)c1ccccc1. The molecule has 0 unspecified atom stereocenters. The Morgan fingerprint density at radius 2 is 1.75 bits per heavy atom. The Bertz CT molecular complexity index is 767. The van der Waals surface area contributed by atoms with E-state index in [4.69, 9.17) is 0 Å². The molecular weight excluding hydrogens is 321 g/mol. The summed E-state index contributed by atoms with van der Waals surface area (Å²) in [7, 11) is 0. The van der Waals surface area contributed by atoms with E-state index in [1.807, 2.05) is 0 Å². The quantitative estimate of drug-likeness (QED) is 0.858. The molecule has 0 radical (unpaired) electrons. The average molecular weight is 338 g/mol. The molecule has 1 aromatic carbocycles. The molecule has 1 amide bonds. The van der Waals surface area contributed by atoms with Gasteiger partial charge in [0.05, 0.1) is 0 Å². The van der Waals surface area contributed by atoms with Crippen molar-refractivity contribution in [3.05, 3.63) is 64.6 Å². The highest BCUT2D eigenvalue weighted by Crippen LogP contribution is 2.26. The number of rotatable bonds is 4. The Morgan fingerprint density at radius 1 is 1.12 bits per heavy atom. The number of aromatic nitrogens is 1. The van der Waals surface area contributed by atoms with Crippen LogP contribution >= 0.6 is 0 Å². The lowest BCUT2D eigenvalue weighted by Crippen LogP contribution is -2.41. The molecule has 0 saturated carbocycles. The van der Waals surface area contributed by atoms with Crippen molar-refractivity contribution in [1.82, 2.24) is 4.57 Å². The highest BCUT2D eigenvalue weighted by atomic mass is 19.4. The summed E-state index contributed by atoms with van der Waals surface area (Å²) in [6, 6.07) is 10.4. The van der Waals surface area contributed by atoms with E-state index in [0.29, 0.717) is 11.8 Å². The zero-order valence-corrected chi connectivity index (χ0v) is 13.2. The summed E-state index contributed by atoms with van der Waals surface area (Å²) in [6.45, 7) is 3.12. The number of carbonyl (C=O) groups is 1. The summed E-state index contributed by atoms with van der Waals surface area (Å²) >= 11 is 0. The third kappa shape index (κ3) is 3.84. The molecule has 4 nitrogen and oxygen atoms in total. The molecule has 2 aromatic rings. The van der Waals surface area contributed by atoms with Gasteiger partial charge < -0.3 is 9.47 Å². The first-order valence-electron chi connectivity index (χ1n) is 7.35. The fourth-order valence-corrected chi connectivity index (χ4v) is 2.42. The highest BCUT2D eigenvalue weighted by molar-refractivity contribution is 5.93. The molecule has 0 N–H and O–H groups in total. The third-order valence-electron chi connectivity index (χ3n) is 3.45. The summed E-state index contributed by atoms with van der Waals surface area (Å²) in [5.41, 5.74) is -1.89. The van der Waals surface area contributed by atoms with Gasteiger partial charge in [-0.15, -0.1) is 0 Å². The number of hydrogen-bond acceptors (Lipinski definition) is 2. The Labute approximate surface area is 137 Å². The van der Waals surface area contributed by atoms with Crippen molar-refractivity contribution in [3.63, 3.8) is 0 Å². The fraction of sp³-hybridized carbons (Fsp3) is 0.294. The number of halogens is 3. The summed E-state index contributed by atoms with van der Waals surface area (Å²) in [5.74, 6) is -0.461. The van der Waals surface area contributed by atoms with E-state index in [1.165, 1.54) is 11.1 Å². The van der Waals surface area contributed by atoms with Crippen LogP contribution in [0.5, 0.6) is 0 Å². The number of anilines is 1. The number of nitrogens with zero attached hydrogens (tertiary/aromatic N) is 2. The van der Waals surface area contributed by atoms with E-state index >= 15 is 0 Å². The molecule has 24 heavy (non-hydrogen) atoms. The average Bonchev–Trinajstić information content (AvgIpc) is 2.49. The lowest BCUT2D eigenvalue weighted by Gasteiger charge is -2.27. The monoisotopic (exact) mass is 338 g/mol. The first kappa shape index (κ1) is 17.8. The predicted octanol–water partition coefficient (Wildman–Crippen LogP) is 3.31. The van der Waals surface area contributed by atoms with E-state index in [2.05, 4.69) is 0 Å². The highest BCUT2D eigenvalue weighted by Gasteiger charge is 2.34. The van der Waals surface area contributed by atoms with Crippen LogP contribution in [0.2, 0.25) is 0 Å². The zero-order valence-electron chi connectivity index (χ0n) is 13.2. The second kappa shape index (κ2) is 6.90. The van der Waals surface area contributed by atoms with E-state index in [-0.39, 0.29) is 6.04 Å². The van der Waals surface area contributed by atoms with Crippen LogP contribution in [0.1, 0.15) is 19.4 Å². The maximum atomic E-state index is 12.8. The molecule has 0 atom stereocenters. The lowest BCUT2D eigenvalue weighted by atomic mass is 10.2. The number of alkyl halides is 3. The maximum Gasteiger partial charge on any atom is 0.421 e. The predicted molar refractivity (Wildman–Crippen MR) is 84.8 cm³/mol. The van der Waals surface area contributed by atoms with Crippen LogP contribution in [0.3, 0.4) is 0 Å². The Kier molecular flexibility index (Phi) is 5.11. The molecule has 0 spiro atoms. The molecule has 0 aliphatic carbocycles. The van der Waals surface area contributed by atoms with E-state index in [9.17, 15) is 22.8 Å². The summed E-state index contributed by atoms with van der Waals surface area (Å²) in [6.07, 6.45) is -3.57. The minimum atomic E-state index is -4.75. The van der Waals surface area contributed by atoms with Crippen LogP contribution in [0, 0.1) is 0 Å². The third-order valence-corrected chi connectivity index (χ3v) is 3.45. The first-order valence-corrected chi connectivity index (χ1v) is 7.35. The van der Waals surface area contributed by atoms with Crippen LogP contribution < -0.4 is 10.5 Å². The van der Waals surface area contributed by atoms with Gasteiger partial charge in [-0.2, -0.15) is 13.2 Å². The molecule has 0 fully saturated rings. The summed E-state index contributed by atoms with van der Waals surface area (Å²) in [5, 5.41) is 0. The van der Waals surface area contributed by atoms with Gasteiger partial charge in [0, 0.05) is 17.9 Å². The molecule has 0 saturated heterocycles. The molecule has 128 valence electrons. The minimum absolute atomic E-state index is 0.207. The van der Waals surface area contributed by atoms with Crippen LogP contribution in [-0.2, 0) is 17.5 Å². The zero-order chi connectivity index (χ0) is 17.9. The van der Waals surface area contributed by atoms with Crippen molar-refractivity contribution in [1.29, 1.82) is 0 Å². The van der Waals surface area contributed by atoms with Crippen LogP contribution in [0.15, 0.2) is 53.5 Å². The number of pyridine rings is 1. The Balaban J connectivity index is 2.33. The number of para-hydroxylation sites is 1. The van der Waals surface area contributed by atoms with Crippen LogP contribution in [0.25, 0.3) is 0 Å². The van der Waals surface area contributed by atoms with Gasteiger partial charge in [-0.05, 0) is 38.1 Å². The maximum absolute atomic E-state index is 12.8. The number of hydrogen-bond donors (Lipinski definition) is 0. The summed E-state index contributed by atoms with van der Waals surface area (Å²) < 4.78 is 39.2. The van der Waals surface area contributed by atoms with Gasteiger partial charge in [0.1, 0.15) is 12.1 Å². The van der Waals surface area contributed by atoms with Crippen LogP contribution in [0.4, 0.5) is 18.9 Å². The molecule has 0 bridgehead atoms. The van der Waals surface area contributed by atoms with Gasteiger partial charge >= 0.3 is 6.18 Å².